The molecule has 0 saturated heterocycles. The Hall–Kier alpha value is -7.28. The summed E-state index contributed by atoms with van der Waals surface area (Å²) in [7, 11) is 0. The van der Waals surface area contributed by atoms with Crippen molar-refractivity contribution in [2.24, 2.45) is 9.98 Å². The summed E-state index contributed by atoms with van der Waals surface area (Å²) in [6, 6.07) is 64.3. The molecule has 0 saturated carbocycles. The summed E-state index contributed by atoms with van der Waals surface area (Å²) in [4.78, 5) is 10.1. The normalized spacial score (nSPS) is 14.5. The number of hydrogen-bond donors (Lipinski definition) is 1. The molecule has 268 valence electrons. The van der Waals surface area contributed by atoms with E-state index in [2.05, 4.69) is 155 Å². The van der Waals surface area contributed by atoms with Gasteiger partial charge in [0.15, 0.2) is 5.84 Å². The number of nitrogens with one attached hydrogen (secondary N) is 1. The maximum Gasteiger partial charge on any atom is 0.159 e. The summed E-state index contributed by atoms with van der Waals surface area (Å²) in [6.45, 7) is 0. The Kier molecular flexibility index (Phi) is 7.09. The summed E-state index contributed by atoms with van der Waals surface area (Å²) in [5.74, 6) is 1.54. The van der Waals surface area contributed by atoms with E-state index < -0.39 is 0 Å². The van der Waals surface area contributed by atoms with Crippen molar-refractivity contribution >= 4 is 86.9 Å². The molecule has 57 heavy (non-hydrogen) atoms. The highest BCUT2D eigenvalue weighted by Crippen LogP contribution is 2.44. The van der Waals surface area contributed by atoms with Crippen LogP contribution in [-0.2, 0) is 0 Å². The van der Waals surface area contributed by atoms with Crippen LogP contribution in [0.15, 0.2) is 196 Å². The minimum atomic E-state index is -0.284. The van der Waals surface area contributed by atoms with E-state index in [4.69, 9.17) is 14.4 Å². The second-order valence-electron chi connectivity index (χ2n) is 14.6. The Morgan fingerprint density at radius 3 is 1.96 bits per heavy atom. The van der Waals surface area contributed by atoms with E-state index in [0.717, 1.165) is 67.1 Å². The number of benzene rings is 8. The smallest absolute Gasteiger partial charge is 0.159 e. The largest absolute Gasteiger partial charge is 0.456 e. The van der Waals surface area contributed by atoms with E-state index >= 15 is 0 Å². The maximum atomic E-state index is 6.63. The van der Waals surface area contributed by atoms with Crippen molar-refractivity contribution in [2.45, 2.75) is 6.17 Å². The second-order valence-corrected chi connectivity index (χ2v) is 15.6. The molecule has 1 unspecified atom stereocenters. The van der Waals surface area contributed by atoms with Gasteiger partial charge in [-0.2, -0.15) is 0 Å². The van der Waals surface area contributed by atoms with Gasteiger partial charge in [0.2, 0.25) is 0 Å². The van der Waals surface area contributed by atoms with Gasteiger partial charge in [0.25, 0.3) is 0 Å². The van der Waals surface area contributed by atoms with Crippen molar-refractivity contribution in [1.82, 2.24) is 9.88 Å². The van der Waals surface area contributed by atoms with E-state index in [1.165, 1.54) is 42.0 Å². The topological polar surface area (TPSA) is 54.8 Å². The highest BCUT2D eigenvalue weighted by Gasteiger charge is 2.23. The Bertz CT molecular complexity index is 3390. The van der Waals surface area contributed by atoms with Gasteiger partial charge >= 0.3 is 0 Å². The van der Waals surface area contributed by atoms with Crippen LogP contribution in [0.3, 0.4) is 0 Å². The first-order valence-corrected chi connectivity index (χ1v) is 20.0. The molecular weight excluding hydrogens is 717 g/mol. The average Bonchev–Trinajstić information content (AvgIpc) is 3.96. The molecule has 12 rings (SSSR count). The predicted molar refractivity (Wildman–Crippen MR) is 238 cm³/mol. The molecule has 4 heterocycles. The van der Waals surface area contributed by atoms with Crippen LogP contribution in [0.4, 0.5) is 0 Å². The van der Waals surface area contributed by atoms with Crippen LogP contribution in [0.25, 0.3) is 80.7 Å². The molecule has 5 nitrogen and oxygen atoms in total. The predicted octanol–water partition coefficient (Wildman–Crippen LogP) is 13.2. The van der Waals surface area contributed by atoms with Crippen LogP contribution in [0.5, 0.6) is 0 Å². The van der Waals surface area contributed by atoms with Crippen LogP contribution in [-0.4, -0.2) is 16.2 Å². The lowest BCUT2D eigenvalue weighted by molar-refractivity contribution is 0.669. The molecule has 0 amide bonds. The van der Waals surface area contributed by atoms with Gasteiger partial charge in [-0.15, -0.1) is 11.3 Å². The van der Waals surface area contributed by atoms with Crippen molar-refractivity contribution in [1.29, 1.82) is 0 Å². The quantitative estimate of drug-likeness (QED) is 0.191. The third kappa shape index (κ3) is 5.08. The number of furan rings is 1. The van der Waals surface area contributed by atoms with Crippen molar-refractivity contribution in [3.63, 3.8) is 0 Å². The number of thiophene rings is 1. The highest BCUT2D eigenvalue weighted by molar-refractivity contribution is 7.25. The number of fused-ring (bicyclic) bond motifs is 9. The molecule has 1 N–H and O–H groups in total. The fourth-order valence-corrected chi connectivity index (χ4v) is 9.80. The van der Waals surface area contributed by atoms with E-state index in [1.54, 1.807) is 0 Å². The van der Waals surface area contributed by atoms with Crippen molar-refractivity contribution in [3.8, 4) is 16.8 Å². The minimum Gasteiger partial charge on any atom is -0.456 e. The Labute approximate surface area is 331 Å². The number of para-hydroxylation sites is 2. The number of amidine groups is 2. The Balaban J connectivity index is 0.991. The van der Waals surface area contributed by atoms with Gasteiger partial charge in [-0.1, -0.05) is 133 Å². The van der Waals surface area contributed by atoms with Crippen LogP contribution >= 0.6 is 11.3 Å². The third-order valence-corrected chi connectivity index (χ3v) is 12.4. The second kappa shape index (κ2) is 12.6. The summed E-state index contributed by atoms with van der Waals surface area (Å²) in [5, 5.41) is 10.8. The fourth-order valence-electron chi connectivity index (χ4n) is 8.67. The average molecular weight is 749 g/mol. The van der Waals surface area contributed by atoms with E-state index in [-0.39, 0.29) is 6.17 Å². The van der Waals surface area contributed by atoms with Crippen LogP contribution in [0.1, 0.15) is 22.9 Å². The lowest BCUT2D eigenvalue weighted by Crippen LogP contribution is -2.33. The first kappa shape index (κ1) is 32.0. The Morgan fingerprint density at radius 1 is 0.509 bits per heavy atom. The molecular formula is C51H32N4OS. The number of hydrogen-bond acceptors (Lipinski definition) is 5. The molecule has 1 aliphatic rings. The molecule has 3 aromatic heterocycles. The number of aliphatic imine (C=N–C) groups is 2. The lowest BCUT2D eigenvalue weighted by atomic mass is 9.97. The summed E-state index contributed by atoms with van der Waals surface area (Å²) in [5.41, 5.74) is 10.7. The summed E-state index contributed by atoms with van der Waals surface area (Å²) < 4.78 is 11.5. The first-order valence-electron chi connectivity index (χ1n) is 19.2. The minimum absolute atomic E-state index is 0.284. The zero-order chi connectivity index (χ0) is 37.5. The van der Waals surface area contributed by atoms with Crippen molar-refractivity contribution in [3.05, 3.63) is 199 Å². The summed E-state index contributed by atoms with van der Waals surface area (Å²) in [6.07, 6.45) is -0.284. The number of rotatable bonds is 5. The van der Waals surface area contributed by atoms with Crippen LogP contribution in [0, 0.1) is 0 Å². The maximum absolute atomic E-state index is 6.63. The molecule has 8 aromatic carbocycles. The molecule has 1 atom stereocenters. The van der Waals surface area contributed by atoms with Gasteiger partial charge in [0.1, 0.15) is 23.2 Å². The number of nitrogens with zero attached hydrogens (tertiary/aromatic N) is 3. The van der Waals surface area contributed by atoms with Gasteiger partial charge in [-0.05, 0) is 65.2 Å². The molecule has 0 spiro atoms. The number of aromatic nitrogens is 1. The van der Waals surface area contributed by atoms with Gasteiger partial charge < -0.3 is 14.3 Å². The molecule has 0 aliphatic carbocycles. The molecule has 6 heteroatoms. The van der Waals surface area contributed by atoms with Crippen molar-refractivity contribution < 1.29 is 4.42 Å². The molecule has 0 radical (unpaired) electrons. The fraction of sp³-hybridized carbons (Fsp3) is 0.0196. The highest BCUT2D eigenvalue weighted by atomic mass is 32.1. The molecule has 0 fully saturated rings. The standard InChI is InChI=1S/C51H32N4OS/c1-3-13-31(14-4-1)49-52-50(32-15-5-2-6-16-32)54-51(53-49)34-25-27-38-39-29-33(26-28-45(39)57-46(38)30-34)35-19-11-23-43-47(35)48-42(22-12-24-44(48)56-43)55-40-20-9-7-17-36(40)37-18-8-10-21-41(37)55/h1-30,51H,(H,52,53,54). The zero-order valence-electron chi connectivity index (χ0n) is 30.6. The van der Waals surface area contributed by atoms with Crippen LogP contribution in [0.2, 0.25) is 0 Å². The van der Waals surface area contributed by atoms with Gasteiger partial charge in [0.05, 0.1) is 22.1 Å². The molecule has 0 bridgehead atoms. The van der Waals surface area contributed by atoms with E-state index in [9.17, 15) is 0 Å². The van der Waals surface area contributed by atoms with Gasteiger partial charge in [-0.25, -0.2) is 9.98 Å². The van der Waals surface area contributed by atoms with Crippen molar-refractivity contribution in [2.75, 3.05) is 0 Å². The first-order chi connectivity index (χ1) is 28.2. The zero-order valence-corrected chi connectivity index (χ0v) is 31.4. The third-order valence-electron chi connectivity index (χ3n) is 11.3. The van der Waals surface area contributed by atoms with E-state index in [0.29, 0.717) is 0 Å². The Morgan fingerprint density at radius 2 is 1.19 bits per heavy atom. The summed E-state index contributed by atoms with van der Waals surface area (Å²) >= 11 is 1.82. The monoisotopic (exact) mass is 748 g/mol. The van der Waals surface area contributed by atoms with Crippen LogP contribution < -0.4 is 5.32 Å². The lowest BCUT2D eigenvalue weighted by Gasteiger charge is -2.23. The molecule has 1 aliphatic heterocycles. The SMILES string of the molecule is c1ccc(C2=NC(c3ccc4c(c3)sc3ccc(-c5cccc6oc7cccc(-n8c9ccccc9c9ccccc98)c7c56)cc34)NC(c3ccccc3)=N2)cc1. The van der Waals surface area contributed by atoms with Gasteiger partial charge in [-0.3, -0.25) is 0 Å². The van der Waals surface area contributed by atoms with Gasteiger partial charge in [0, 0.05) is 47.5 Å². The molecule has 11 aromatic rings. The van der Waals surface area contributed by atoms with E-state index in [1.807, 2.05) is 47.7 Å².